The van der Waals surface area contributed by atoms with E-state index in [2.05, 4.69) is 35.9 Å². The molecule has 1 aromatic carbocycles. The maximum absolute atomic E-state index is 3.25. The number of nitrogens with zero attached hydrogens (tertiary/aromatic N) is 1. The second-order valence-electron chi connectivity index (χ2n) is 5.15. The fourth-order valence-corrected chi connectivity index (χ4v) is 3.13. The van der Waals surface area contributed by atoms with E-state index in [1.807, 2.05) is 7.05 Å². The van der Waals surface area contributed by atoms with Gasteiger partial charge in [-0.25, -0.2) is 0 Å². The van der Waals surface area contributed by atoms with Gasteiger partial charge >= 0.3 is 0 Å². The van der Waals surface area contributed by atoms with Crippen LogP contribution in [-0.4, -0.2) is 11.6 Å². The molecule has 0 radical (unpaired) electrons. The largest absolute Gasteiger partial charge is 0.344 e. The van der Waals surface area contributed by atoms with Crippen molar-refractivity contribution in [1.82, 2.24) is 9.88 Å². The number of nitrogens with one attached hydrogen (secondary N) is 1. The summed E-state index contributed by atoms with van der Waals surface area (Å²) in [4.78, 5) is 0. The smallest absolute Gasteiger partial charge is 0.0517 e. The van der Waals surface area contributed by atoms with Gasteiger partial charge in [0.25, 0.3) is 0 Å². The van der Waals surface area contributed by atoms with E-state index in [0.717, 1.165) is 6.54 Å². The van der Waals surface area contributed by atoms with Crippen LogP contribution in [0.5, 0.6) is 0 Å². The molecule has 17 heavy (non-hydrogen) atoms. The summed E-state index contributed by atoms with van der Waals surface area (Å²) in [7, 11) is 2.01. The van der Waals surface area contributed by atoms with Crippen molar-refractivity contribution in [2.24, 2.45) is 0 Å². The first-order valence-corrected chi connectivity index (χ1v) is 6.48. The van der Waals surface area contributed by atoms with E-state index < -0.39 is 0 Å². The summed E-state index contributed by atoms with van der Waals surface area (Å²) in [6.07, 6.45) is 2.51. The number of hydrogen-bond donors (Lipinski definition) is 1. The van der Waals surface area contributed by atoms with Gasteiger partial charge in [0, 0.05) is 24.2 Å². The molecule has 0 bridgehead atoms. The predicted molar refractivity (Wildman–Crippen MR) is 72.5 cm³/mol. The monoisotopic (exact) mass is 228 g/mol. The number of aryl methyl sites for hydroxylation is 3. The lowest BCUT2D eigenvalue weighted by atomic mass is 9.99. The van der Waals surface area contributed by atoms with Gasteiger partial charge < -0.3 is 9.88 Å². The normalized spacial score (nSPS) is 14.5. The third-order valence-corrected chi connectivity index (χ3v) is 4.08. The van der Waals surface area contributed by atoms with Crippen LogP contribution in [0.25, 0.3) is 10.9 Å². The minimum absolute atomic E-state index is 0.965. The van der Waals surface area contributed by atoms with Crippen LogP contribution in [0.3, 0.4) is 0 Å². The zero-order valence-electron chi connectivity index (χ0n) is 10.9. The minimum atomic E-state index is 0.965. The van der Waals surface area contributed by atoms with Crippen LogP contribution >= 0.6 is 0 Å². The molecule has 0 fully saturated rings. The van der Waals surface area contributed by atoms with Crippen molar-refractivity contribution in [1.29, 1.82) is 0 Å². The molecular formula is C15H20N2. The Hall–Kier alpha value is -1.28. The van der Waals surface area contributed by atoms with E-state index in [1.54, 1.807) is 0 Å². The molecule has 2 heterocycles. The Morgan fingerprint density at radius 2 is 2.12 bits per heavy atom. The quantitative estimate of drug-likeness (QED) is 0.836. The molecule has 2 nitrogen and oxygen atoms in total. The zero-order valence-corrected chi connectivity index (χ0v) is 10.9. The number of rotatable bonds is 2. The fraction of sp³-hybridized carbons (Fsp3) is 0.467. The lowest BCUT2D eigenvalue weighted by Crippen LogP contribution is -2.10. The SMILES string of the molecule is CNCc1cc2c3c(c1)c(C)c(C)n3CCC2. The summed E-state index contributed by atoms with van der Waals surface area (Å²) >= 11 is 0. The van der Waals surface area contributed by atoms with Crippen LogP contribution in [-0.2, 0) is 19.5 Å². The van der Waals surface area contributed by atoms with Crippen LogP contribution in [0.15, 0.2) is 12.1 Å². The molecule has 0 saturated carbocycles. The molecule has 90 valence electrons. The predicted octanol–water partition coefficient (Wildman–Crippen LogP) is 2.92. The van der Waals surface area contributed by atoms with Gasteiger partial charge in [-0.1, -0.05) is 6.07 Å². The van der Waals surface area contributed by atoms with Gasteiger partial charge in [-0.15, -0.1) is 0 Å². The third-order valence-electron chi connectivity index (χ3n) is 4.08. The summed E-state index contributed by atoms with van der Waals surface area (Å²) in [6, 6.07) is 4.74. The van der Waals surface area contributed by atoms with E-state index in [9.17, 15) is 0 Å². The van der Waals surface area contributed by atoms with Crippen molar-refractivity contribution in [3.8, 4) is 0 Å². The van der Waals surface area contributed by atoms with E-state index in [-0.39, 0.29) is 0 Å². The summed E-state index contributed by atoms with van der Waals surface area (Å²) in [5.41, 5.74) is 7.35. The summed E-state index contributed by atoms with van der Waals surface area (Å²) in [5.74, 6) is 0. The highest BCUT2D eigenvalue weighted by atomic mass is 15.0. The van der Waals surface area contributed by atoms with E-state index in [1.165, 1.54) is 52.7 Å². The second kappa shape index (κ2) is 3.88. The third kappa shape index (κ3) is 1.51. The standard InChI is InChI=1S/C15H20N2/c1-10-11(2)17-6-4-5-13-7-12(9-16-3)8-14(10)15(13)17/h7-8,16H,4-6,9H2,1-3H3. The highest BCUT2D eigenvalue weighted by molar-refractivity contribution is 5.89. The van der Waals surface area contributed by atoms with Crippen molar-refractivity contribution in [2.45, 2.75) is 39.8 Å². The Kier molecular flexibility index (Phi) is 2.48. The average Bonchev–Trinajstić information content (AvgIpc) is 2.57. The van der Waals surface area contributed by atoms with Gasteiger partial charge in [-0.2, -0.15) is 0 Å². The lowest BCUT2D eigenvalue weighted by molar-refractivity contribution is 0.621. The highest BCUT2D eigenvalue weighted by Gasteiger charge is 2.18. The number of aromatic nitrogens is 1. The van der Waals surface area contributed by atoms with Gasteiger partial charge in [-0.05, 0) is 56.5 Å². The number of benzene rings is 1. The molecule has 0 saturated heterocycles. The molecule has 0 atom stereocenters. The molecule has 0 amide bonds. The Bertz CT molecular complexity index is 578. The maximum atomic E-state index is 3.25. The van der Waals surface area contributed by atoms with Crippen LogP contribution in [0.4, 0.5) is 0 Å². The van der Waals surface area contributed by atoms with Crippen molar-refractivity contribution in [3.05, 3.63) is 34.5 Å². The summed E-state index contributed by atoms with van der Waals surface area (Å²) < 4.78 is 2.51. The number of hydrogen-bond acceptors (Lipinski definition) is 1. The first-order chi connectivity index (χ1) is 8.22. The molecular weight excluding hydrogens is 208 g/mol. The molecule has 1 aromatic heterocycles. The van der Waals surface area contributed by atoms with E-state index >= 15 is 0 Å². The average molecular weight is 228 g/mol. The molecule has 0 unspecified atom stereocenters. The first-order valence-electron chi connectivity index (χ1n) is 6.48. The highest BCUT2D eigenvalue weighted by Crippen LogP contribution is 2.33. The molecule has 1 aliphatic heterocycles. The fourth-order valence-electron chi connectivity index (χ4n) is 3.13. The molecule has 1 aliphatic rings. The van der Waals surface area contributed by atoms with Crippen LogP contribution in [0.1, 0.15) is 28.8 Å². The van der Waals surface area contributed by atoms with E-state index in [0.29, 0.717) is 0 Å². The van der Waals surface area contributed by atoms with Crippen LogP contribution in [0, 0.1) is 13.8 Å². The Morgan fingerprint density at radius 1 is 1.29 bits per heavy atom. The maximum Gasteiger partial charge on any atom is 0.0517 e. The van der Waals surface area contributed by atoms with E-state index in [4.69, 9.17) is 0 Å². The van der Waals surface area contributed by atoms with Crippen LogP contribution in [0.2, 0.25) is 0 Å². The minimum Gasteiger partial charge on any atom is -0.344 e. The molecule has 2 aromatic rings. The van der Waals surface area contributed by atoms with Crippen molar-refractivity contribution in [3.63, 3.8) is 0 Å². The van der Waals surface area contributed by atoms with Crippen molar-refractivity contribution in [2.75, 3.05) is 7.05 Å². The van der Waals surface area contributed by atoms with Crippen molar-refractivity contribution < 1.29 is 0 Å². The topological polar surface area (TPSA) is 17.0 Å². The molecule has 2 heteroatoms. The summed E-state index contributed by atoms with van der Waals surface area (Å²) in [6.45, 7) is 6.66. The van der Waals surface area contributed by atoms with Gasteiger partial charge in [0.05, 0.1) is 5.52 Å². The van der Waals surface area contributed by atoms with Crippen molar-refractivity contribution >= 4 is 10.9 Å². The molecule has 3 rings (SSSR count). The molecule has 1 N–H and O–H groups in total. The Balaban J connectivity index is 2.33. The lowest BCUT2D eigenvalue weighted by Gasteiger charge is -2.18. The van der Waals surface area contributed by atoms with Gasteiger partial charge in [0.1, 0.15) is 0 Å². The molecule has 0 aliphatic carbocycles. The Labute approximate surface area is 103 Å². The zero-order chi connectivity index (χ0) is 12.0. The van der Waals surface area contributed by atoms with Crippen LogP contribution < -0.4 is 5.32 Å². The first kappa shape index (κ1) is 10.8. The van der Waals surface area contributed by atoms with Gasteiger partial charge in [0.15, 0.2) is 0 Å². The Morgan fingerprint density at radius 3 is 2.88 bits per heavy atom. The van der Waals surface area contributed by atoms with Gasteiger partial charge in [0.2, 0.25) is 0 Å². The second-order valence-corrected chi connectivity index (χ2v) is 5.15. The van der Waals surface area contributed by atoms with Gasteiger partial charge in [-0.3, -0.25) is 0 Å². The molecule has 0 spiro atoms. The summed E-state index contributed by atoms with van der Waals surface area (Å²) in [5, 5.41) is 4.72.